The van der Waals surface area contributed by atoms with E-state index in [2.05, 4.69) is 20.6 Å². The molecular weight excluding hydrogens is 304 g/mol. The van der Waals surface area contributed by atoms with Gasteiger partial charge < -0.3 is 11.1 Å². The molecule has 24 heavy (non-hydrogen) atoms. The van der Waals surface area contributed by atoms with Crippen molar-refractivity contribution in [1.29, 1.82) is 0 Å². The van der Waals surface area contributed by atoms with Gasteiger partial charge in [0.25, 0.3) is 5.91 Å². The van der Waals surface area contributed by atoms with Crippen LogP contribution < -0.4 is 11.1 Å². The quantitative estimate of drug-likeness (QED) is 0.742. The Hall–Kier alpha value is -2.80. The third kappa shape index (κ3) is 3.26. The second-order valence-electron chi connectivity index (χ2n) is 5.84. The molecule has 3 rings (SSSR count). The van der Waals surface area contributed by atoms with Crippen LogP contribution in [0.2, 0.25) is 0 Å². The van der Waals surface area contributed by atoms with Gasteiger partial charge in [-0.05, 0) is 44.5 Å². The standard InChI is InChI=1S/C17H20N6O/c1-11(18)7-9-20-17(24)16-12(2)23(22-21-16)14-5-6-15-13(10-14)4-3-8-19-15/h3-6,8,10-11H,7,9,18H2,1-2H3,(H,20,24). The summed E-state index contributed by atoms with van der Waals surface area (Å²) in [6, 6.07) is 9.73. The number of hydrogen-bond donors (Lipinski definition) is 2. The van der Waals surface area contributed by atoms with Crippen molar-refractivity contribution < 1.29 is 4.79 Å². The van der Waals surface area contributed by atoms with Gasteiger partial charge in [-0.3, -0.25) is 9.78 Å². The summed E-state index contributed by atoms with van der Waals surface area (Å²) in [5.41, 5.74) is 8.45. The molecule has 0 saturated heterocycles. The zero-order valence-corrected chi connectivity index (χ0v) is 13.7. The van der Waals surface area contributed by atoms with Crippen LogP contribution in [-0.4, -0.2) is 38.5 Å². The van der Waals surface area contributed by atoms with Crippen LogP contribution >= 0.6 is 0 Å². The van der Waals surface area contributed by atoms with E-state index in [1.54, 1.807) is 10.9 Å². The van der Waals surface area contributed by atoms with E-state index in [1.807, 2.05) is 44.2 Å². The zero-order valence-electron chi connectivity index (χ0n) is 13.7. The highest BCUT2D eigenvalue weighted by molar-refractivity contribution is 5.93. The van der Waals surface area contributed by atoms with Gasteiger partial charge in [0.15, 0.2) is 5.69 Å². The SMILES string of the molecule is Cc1c(C(=O)NCCC(C)N)nnn1-c1ccc2ncccc2c1. The number of carbonyl (C=O) groups excluding carboxylic acids is 1. The number of pyridine rings is 1. The van der Waals surface area contributed by atoms with E-state index in [1.165, 1.54) is 0 Å². The highest BCUT2D eigenvalue weighted by atomic mass is 16.2. The van der Waals surface area contributed by atoms with Gasteiger partial charge in [0.1, 0.15) is 0 Å². The predicted molar refractivity (Wildman–Crippen MR) is 92.0 cm³/mol. The largest absolute Gasteiger partial charge is 0.351 e. The van der Waals surface area contributed by atoms with Gasteiger partial charge in [-0.25, -0.2) is 4.68 Å². The van der Waals surface area contributed by atoms with Gasteiger partial charge in [-0.15, -0.1) is 5.10 Å². The van der Waals surface area contributed by atoms with E-state index in [-0.39, 0.29) is 11.9 Å². The van der Waals surface area contributed by atoms with Crippen LogP contribution in [-0.2, 0) is 0 Å². The smallest absolute Gasteiger partial charge is 0.273 e. The number of rotatable bonds is 5. The summed E-state index contributed by atoms with van der Waals surface area (Å²) in [7, 11) is 0. The molecule has 1 aromatic carbocycles. The van der Waals surface area contributed by atoms with Crippen molar-refractivity contribution in [1.82, 2.24) is 25.3 Å². The van der Waals surface area contributed by atoms with E-state index in [0.29, 0.717) is 17.9 Å². The van der Waals surface area contributed by atoms with Crippen molar-refractivity contribution in [3.05, 3.63) is 47.9 Å². The number of carbonyl (C=O) groups is 1. The molecule has 0 radical (unpaired) electrons. The lowest BCUT2D eigenvalue weighted by Gasteiger charge is -2.07. The van der Waals surface area contributed by atoms with Gasteiger partial charge in [0, 0.05) is 24.2 Å². The van der Waals surface area contributed by atoms with Crippen LogP contribution in [0.25, 0.3) is 16.6 Å². The third-order valence-corrected chi connectivity index (χ3v) is 3.83. The van der Waals surface area contributed by atoms with Crippen molar-refractivity contribution in [2.75, 3.05) is 6.54 Å². The molecule has 0 aliphatic heterocycles. The summed E-state index contributed by atoms with van der Waals surface area (Å²) in [5, 5.41) is 12.0. The third-order valence-electron chi connectivity index (χ3n) is 3.83. The number of amides is 1. The van der Waals surface area contributed by atoms with Crippen molar-refractivity contribution in [2.24, 2.45) is 5.73 Å². The summed E-state index contributed by atoms with van der Waals surface area (Å²) >= 11 is 0. The average Bonchev–Trinajstić information content (AvgIpc) is 2.95. The Morgan fingerprint density at radius 3 is 3.00 bits per heavy atom. The lowest BCUT2D eigenvalue weighted by atomic mass is 10.2. The van der Waals surface area contributed by atoms with Gasteiger partial charge in [0.05, 0.1) is 16.9 Å². The maximum atomic E-state index is 12.2. The number of benzene rings is 1. The van der Waals surface area contributed by atoms with Gasteiger partial charge >= 0.3 is 0 Å². The van der Waals surface area contributed by atoms with Crippen molar-refractivity contribution in [2.45, 2.75) is 26.3 Å². The molecule has 2 heterocycles. The summed E-state index contributed by atoms with van der Waals surface area (Å²) in [5.74, 6) is -0.234. The number of aromatic nitrogens is 4. The van der Waals surface area contributed by atoms with Crippen molar-refractivity contribution in [3.63, 3.8) is 0 Å². The molecule has 0 spiro atoms. The van der Waals surface area contributed by atoms with Crippen molar-refractivity contribution >= 4 is 16.8 Å². The molecule has 1 amide bonds. The molecule has 124 valence electrons. The first-order valence-corrected chi connectivity index (χ1v) is 7.87. The molecule has 0 fully saturated rings. The summed E-state index contributed by atoms with van der Waals surface area (Å²) in [4.78, 5) is 16.5. The lowest BCUT2D eigenvalue weighted by Crippen LogP contribution is -2.29. The maximum absolute atomic E-state index is 12.2. The second kappa shape index (κ2) is 6.76. The number of nitrogens with one attached hydrogen (secondary N) is 1. The molecule has 0 bridgehead atoms. The Morgan fingerprint density at radius 2 is 2.21 bits per heavy atom. The van der Waals surface area contributed by atoms with Crippen LogP contribution in [0.3, 0.4) is 0 Å². The van der Waals surface area contributed by atoms with Gasteiger partial charge in [0.2, 0.25) is 0 Å². The molecule has 1 unspecified atom stereocenters. The van der Waals surface area contributed by atoms with Crippen LogP contribution in [0.15, 0.2) is 36.5 Å². The average molecular weight is 324 g/mol. The first-order valence-electron chi connectivity index (χ1n) is 7.87. The molecule has 3 N–H and O–H groups in total. The molecule has 0 saturated carbocycles. The molecule has 0 aliphatic rings. The Morgan fingerprint density at radius 1 is 1.38 bits per heavy atom. The fraction of sp³-hybridized carbons (Fsp3) is 0.294. The molecule has 7 heteroatoms. The molecule has 7 nitrogen and oxygen atoms in total. The Bertz CT molecular complexity index is 870. The van der Waals surface area contributed by atoms with E-state index < -0.39 is 0 Å². The minimum Gasteiger partial charge on any atom is -0.351 e. The molecule has 3 aromatic rings. The highest BCUT2D eigenvalue weighted by Gasteiger charge is 2.17. The van der Waals surface area contributed by atoms with E-state index in [0.717, 1.165) is 23.0 Å². The number of fused-ring (bicyclic) bond motifs is 1. The molecule has 2 aromatic heterocycles. The molecular formula is C17H20N6O. The molecule has 1 atom stereocenters. The van der Waals surface area contributed by atoms with Gasteiger partial charge in [-0.2, -0.15) is 0 Å². The Kier molecular flexibility index (Phi) is 4.52. The van der Waals surface area contributed by atoms with E-state index >= 15 is 0 Å². The second-order valence-corrected chi connectivity index (χ2v) is 5.84. The van der Waals surface area contributed by atoms with E-state index in [4.69, 9.17) is 5.73 Å². The number of nitrogens with two attached hydrogens (primary N) is 1. The van der Waals surface area contributed by atoms with Crippen LogP contribution in [0.5, 0.6) is 0 Å². The Labute approximate surface area is 139 Å². The predicted octanol–water partition coefficient (Wildman–Crippen LogP) is 1.59. The fourth-order valence-electron chi connectivity index (χ4n) is 2.48. The molecule has 0 aliphatic carbocycles. The maximum Gasteiger partial charge on any atom is 0.273 e. The zero-order chi connectivity index (χ0) is 17.1. The normalized spacial score (nSPS) is 12.3. The highest BCUT2D eigenvalue weighted by Crippen LogP contribution is 2.18. The minimum atomic E-state index is -0.234. The summed E-state index contributed by atoms with van der Waals surface area (Å²) < 4.78 is 1.66. The van der Waals surface area contributed by atoms with Gasteiger partial charge in [-0.1, -0.05) is 11.3 Å². The van der Waals surface area contributed by atoms with Crippen molar-refractivity contribution in [3.8, 4) is 5.69 Å². The van der Waals surface area contributed by atoms with Crippen LogP contribution in [0, 0.1) is 6.92 Å². The topological polar surface area (TPSA) is 98.7 Å². The summed E-state index contributed by atoms with van der Waals surface area (Å²) in [6.07, 6.45) is 2.48. The summed E-state index contributed by atoms with van der Waals surface area (Å²) in [6.45, 7) is 4.25. The van der Waals surface area contributed by atoms with E-state index in [9.17, 15) is 4.79 Å². The van der Waals surface area contributed by atoms with Crippen LogP contribution in [0.1, 0.15) is 29.5 Å². The van der Waals surface area contributed by atoms with Crippen LogP contribution in [0.4, 0.5) is 0 Å². The first kappa shape index (κ1) is 16.1. The minimum absolute atomic E-state index is 0.0493. The first-order chi connectivity index (χ1) is 11.6. The number of nitrogens with zero attached hydrogens (tertiary/aromatic N) is 4. The lowest BCUT2D eigenvalue weighted by molar-refractivity contribution is 0.0947. The number of hydrogen-bond acceptors (Lipinski definition) is 5. The monoisotopic (exact) mass is 324 g/mol. The fourth-order valence-corrected chi connectivity index (χ4v) is 2.48. The Balaban J connectivity index is 1.84.